The van der Waals surface area contributed by atoms with Gasteiger partial charge in [-0.1, -0.05) is 18.6 Å². The number of carbonyl (C=O) groups excluding carboxylic acids is 1. The molecule has 0 bridgehead atoms. The van der Waals surface area contributed by atoms with E-state index in [0.717, 1.165) is 30.6 Å². The zero-order valence-corrected chi connectivity index (χ0v) is 15.2. The van der Waals surface area contributed by atoms with Gasteiger partial charge in [-0.15, -0.1) is 0 Å². The summed E-state index contributed by atoms with van der Waals surface area (Å²) >= 11 is 0. The molecule has 5 heteroatoms. The maximum atomic E-state index is 12.9. The average Bonchev–Trinajstić information content (AvgIpc) is 3.02. The fraction of sp³-hybridized carbons (Fsp3) is 0.650. The first-order chi connectivity index (χ1) is 12.0. The van der Waals surface area contributed by atoms with Crippen LogP contribution in [0.1, 0.15) is 38.7 Å². The minimum Gasteiger partial charge on any atom is -0.491 e. The first-order valence-electron chi connectivity index (χ1n) is 9.35. The van der Waals surface area contributed by atoms with Crippen LogP contribution in [-0.2, 0) is 16.0 Å². The average molecular weight is 347 g/mol. The molecule has 5 nitrogen and oxygen atoms in total. The number of nitrogens with zero attached hydrogens (tertiary/aromatic N) is 1. The van der Waals surface area contributed by atoms with E-state index in [1.165, 1.54) is 0 Å². The lowest BCUT2D eigenvalue weighted by Crippen LogP contribution is -2.54. The minimum absolute atomic E-state index is 0.00213. The molecule has 1 aromatic carbocycles. The van der Waals surface area contributed by atoms with Crippen LogP contribution in [0.4, 0.5) is 0 Å². The third-order valence-electron chi connectivity index (χ3n) is 5.16. The molecule has 0 spiro atoms. The van der Waals surface area contributed by atoms with Crippen molar-refractivity contribution in [1.82, 2.24) is 4.90 Å². The first-order valence-corrected chi connectivity index (χ1v) is 9.35. The monoisotopic (exact) mass is 347 g/mol. The highest BCUT2D eigenvalue weighted by atomic mass is 16.5. The number of aliphatic hydroxyl groups is 1. The van der Waals surface area contributed by atoms with Crippen LogP contribution in [0.15, 0.2) is 24.3 Å². The molecule has 1 heterocycles. The van der Waals surface area contributed by atoms with E-state index in [-0.39, 0.29) is 30.1 Å². The predicted molar refractivity (Wildman–Crippen MR) is 95.6 cm³/mol. The molecule has 1 aromatic rings. The number of carbonyl (C=O) groups is 1. The van der Waals surface area contributed by atoms with Crippen molar-refractivity contribution in [1.29, 1.82) is 0 Å². The standard InChI is InChI=1S/C20H29NO4/c1-14(2)25-16-8-6-15(7-9-16)12-20(23)21-10-11-24-13-18(21)17-4-3-5-19(17)22/h6-9,14,17-19,22H,3-5,10-13H2,1-2H3/t17-,18-,19-/m1/s1. The molecule has 2 fully saturated rings. The summed E-state index contributed by atoms with van der Waals surface area (Å²) in [5, 5.41) is 10.2. The maximum Gasteiger partial charge on any atom is 0.227 e. The van der Waals surface area contributed by atoms with Gasteiger partial charge in [0, 0.05) is 12.5 Å². The van der Waals surface area contributed by atoms with Crippen molar-refractivity contribution in [3.05, 3.63) is 29.8 Å². The highest BCUT2D eigenvalue weighted by molar-refractivity contribution is 5.79. The van der Waals surface area contributed by atoms with Gasteiger partial charge in [0.05, 0.1) is 37.9 Å². The van der Waals surface area contributed by atoms with Crippen LogP contribution in [-0.4, -0.2) is 53.9 Å². The van der Waals surface area contributed by atoms with Crippen molar-refractivity contribution in [3.63, 3.8) is 0 Å². The number of benzene rings is 1. The Labute approximate surface area is 149 Å². The molecule has 138 valence electrons. The minimum atomic E-state index is -0.311. The lowest BCUT2D eigenvalue weighted by Gasteiger charge is -2.40. The number of morpholine rings is 1. The third-order valence-corrected chi connectivity index (χ3v) is 5.16. The maximum absolute atomic E-state index is 12.9. The van der Waals surface area contributed by atoms with Gasteiger partial charge in [0.15, 0.2) is 0 Å². The number of ether oxygens (including phenoxy) is 2. The van der Waals surface area contributed by atoms with Crippen LogP contribution in [0.2, 0.25) is 0 Å². The summed E-state index contributed by atoms with van der Waals surface area (Å²) in [5.41, 5.74) is 0.985. The topological polar surface area (TPSA) is 59.0 Å². The van der Waals surface area contributed by atoms with Gasteiger partial charge in [0.25, 0.3) is 0 Å². The zero-order valence-electron chi connectivity index (χ0n) is 15.2. The van der Waals surface area contributed by atoms with Crippen LogP contribution in [0.25, 0.3) is 0 Å². The molecular weight excluding hydrogens is 318 g/mol. The van der Waals surface area contributed by atoms with Crippen molar-refractivity contribution in [2.75, 3.05) is 19.8 Å². The van der Waals surface area contributed by atoms with Crippen molar-refractivity contribution in [2.45, 2.75) is 57.8 Å². The van der Waals surface area contributed by atoms with Crippen molar-refractivity contribution >= 4 is 5.91 Å². The molecular formula is C20H29NO4. The van der Waals surface area contributed by atoms with E-state index in [9.17, 15) is 9.90 Å². The van der Waals surface area contributed by atoms with Crippen molar-refractivity contribution < 1.29 is 19.4 Å². The molecule has 1 amide bonds. The highest BCUT2D eigenvalue weighted by Gasteiger charge is 2.39. The van der Waals surface area contributed by atoms with Crippen molar-refractivity contribution in [2.24, 2.45) is 5.92 Å². The lowest BCUT2D eigenvalue weighted by atomic mass is 9.93. The van der Waals surface area contributed by atoms with Crippen LogP contribution in [0.3, 0.4) is 0 Å². The van der Waals surface area contributed by atoms with Gasteiger partial charge in [-0.25, -0.2) is 0 Å². The van der Waals surface area contributed by atoms with Crippen LogP contribution in [0.5, 0.6) is 5.75 Å². The number of amides is 1. The molecule has 1 aliphatic carbocycles. The highest BCUT2D eigenvalue weighted by Crippen LogP contribution is 2.32. The van der Waals surface area contributed by atoms with E-state index in [0.29, 0.717) is 26.2 Å². The summed E-state index contributed by atoms with van der Waals surface area (Å²) in [5.74, 6) is 1.08. The van der Waals surface area contributed by atoms with E-state index in [1.54, 1.807) is 0 Å². The molecule has 3 atom stereocenters. The quantitative estimate of drug-likeness (QED) is 0.889. The molecule has 25 heavy (non-hydrogen) atoms. The fourth-order valence-corrected chi connectivity index (χ4v) is 3.94. The Balaban J connectivity index is 1.64. The molecule has 0 radical (unpaired) electrons. The number of aliphatic hydroxyl groups excluding tert-OH is 1. The smallest absolute Gasteiger partial charge is 0.227 e. The Kier molecular flexibility index (Phi) is 5.97. The predicted octanol–water partition coefficient (Wildman–Crippen LogP) is 2.40. The Bertz CT molecular complexity index is 572. The Morgan fingerprint density at radius 2 is 2.08 bits per heavy atom. The SMILES string of the molecule is CC(C)Oc1ccc(CC(=O)N2CCOC[C@@H]2[C@H]2CCC[C@H]2O)cc1. The summed E-state index contributed by atoms with van der Waals surface area (Å²) in [4.78, 5) is 14.8. The number of hydrogen-bond donors (Lipinski definition) is 1. The second kappa shape index (κ2) is 8.19. The van der Waals surface area contributed by atoms with Gasteiger partial charge >= 0.3 is 0 Å². The number of hydrogen-bond acceptors (Lipinski definition) is 4. The molecule has 1 aliphatic heterocycles. The Hall–Kier alpha value is -1.59. The summed E-state index contributed by atoms with van der Waals surface area (Å²) in [6, 6.07) is 7.74. The summed E-state index contributed by atoms with van der Waals surface area (Å²) in [7, 11) is 0. The largest absolute Gasteiger partial charge is 0.491 e. The molecule has 3 rings (SSSR count). The Morgan fingerprint density at radius 3 is 2.72 bits per heavy atom. The van der Waals surface area contributed by atoms with Crippen LogP contribution in [0, 0.1) is 5.92 Å². The van der Waals surface area contributed by atoms with E-state index in [4.69, 9.17) is 9.47 Å². The second-order valence-electron chi connectivity index (χ2n) is 7.38. The molecule has 0 aromatic heterocycles. The van der Waals surface area contributed by atoms with Gasteiger partial charge in [-0.3, -0.25) is 4.79 Å². The first kappa shape index (κ1) is 18.2. The molecule has 1 saturated carbocycles. The molecule has 1 N–H and O–H groups in total. The lowest BCUT2D eigenvalue weighted by molar-refractivity contribution is -0.143. The van der Waals surface area contributed by atoms with Crippen molar-refractivity contribution in [3.8, 4) is 5.75 Å². The van der Waals surface area contributed by atoms with E-state index in [2.05, 4.69) is 0 Å². The van der Waals surface area contributed by atoms with E-state index >= 15 is 0 Å². The van der Waals surface area contributed by atoms with Gasteiger partial charge < -0.3 is 19.5 Å². The Morgan fingerprint density at radius 1 is 1.32 bits per heavy atom. The van der Waals surface area contributed by atoms with Crippen LogP contribution >= 0.6 is 0 Å². The molecule has 1 saturated heterocycles. The van der Waals surface area contributed by atoms with Gasteiger partial charge in [-0.05, 0) is 44.4 Å². The third kappa shape index (κ3) is 4.53. The molecule has 2 aliphatic rings. The van der Waals surface area contributed by atoms with Gasteiger partial charge in [0.2, 0.25) is 5.91 Å². The summed E-state index contributed by atoms with van der Waals surface area (Å²) in [6.45, 7) is 5.71. The summed E-state index contributed by atoms with van der Waals surface area (Å²) < 4.78 is 11.3. The van der Waals surface area contributed by atoms with Gasteiger partial charge in [-0.2, -0.15) is 0 Å². The van der Waals surface area contributed by atoms with E-state index < -0.39 is 0 Å². The van der Waals surface area contributed by atoms with Gasteiger partial charge in [0.1, 0.15) is 5.75 Å². The fourth-order valence-electron chi connectivity index (χ4n) is 3.94. The normalized spacial score (nSPS) is 26.9. The molecule has 0 unspecified atom stereocenters. The second-order valence-corrected chi connectivity index (χ2v) is 7.38. The van der Waals surface area contributed by atoms with E-state index in [1.807, 2.05) is 43.0 Å². The number of rotatable bonds is 5. The summed E-state index contributed by atoms with van der Waals surface area (Å²) in [6.07, 6.45) is 3.04. The van der Waals surface area contributed by atoms with Crippen LogP contribution < -0.4 is 4.74 Å². The zero-order chi connectivity index (χ0) is 17.8.